The summed E-state index contributed by atoms with van der Waals surface area (Å²) in [4.78, 5) is 41.0. The van der Waals surface area contributed by atoms with Crippen molar-refractivity contribution in [1.82, 2.24) is 15.2 Å². The van der Waals surface area contributed by atoms with Gasteiger partial charge in [0.05, 0.1) is 12.2 Å². The number of nitrogens with zero attached hydrogens (tertiary/aromatic N) is 2. The Hall–Kier alpha value is -2.74. The molecule has 1 aliphatic heterocycles. The highest BCUT2D eigenvalue weighted by molar-refractivity contribution is 7.14. The Bertz CT molecular complexity index is 863. The van der Waals surface area contributed by atoms with Crippen LogP contribution >= 0.6 is 11.3 Å². The van der Waals surface area contributed by atoms with Gasteiger partial charge in [-0.2, -0.15) is 0 Å². The predicted octanol–water partition coefficient (Wildman–Crippen LogP) is 2.83. The smallest absolute Gasteiger partial charge is 0.245 e. The fourth-order valence-electron chi connectivity index (χ4n) is 3.22. The van der Waals surface area contributed by atoms with Crippen molar-refractivity contribution in [2.75, 3.05) is 25.0 Å². The number of aryl methyl sites for hydroxylation is 1. The van der Waals surface area contributed by atoms with Crippen LogP contribution in [0.4, 0.5) is 5.13 Å². The summed E-state index contributed by atoms with van der Waals surface area (Å²) in [6.07, 6.45) is 4.17. The van der Waals surface area contributed by atoms with Crippen molar-refractivity contribution < 1.29 is 14.4 Å². The number of anilines is 1. The lowest BCUT2D eigenvalue weighted by Gasteiger charge is -2.25. The molecule has 2 N–H and O–H groups in total. The fourth-order valence-corrected chi connectivity index (χ4v) is 3.96. The summed E-state index contributed by atoms with van der Waals surface area (Å²) in [5.74, 6) is -0.173. The number of piperidine rings is 1. The highest BCUT2D eigenvalue weighted by atomic mass is 32.1. The number of amides is 3. The molecule has 154 valence electrons. The van der Waals surface area contributed by atoms with Crippen LogP contribution in [0.1, 0.15) is 38.2 Å². The van der Waals surface area contributed by atoms with Gasteiger partial charge in [0.15, 0.2) is 5.13 Å². The first-order chi connectivity index (χ1) is 14.0. The molecule has 0 spiro atoms. The molecule has 8 heteroatoms. The molecule has 3 amide bonds. The Morgan fingerprint density at radius 1 is 1.21 bits per heavy atom. The number of nitrogens with one attached hydrogen (secondary N) is 2. The molecule has 0 unspecified atom stereocenters. The van der Waals surface area contributed by atoms with Crippen molar-refractivity contribution in [2.45, 2.75) is 39.0 Å². The van der Waals surface area contributed by atoms with E-state index in [1.165, 1.54) is 23.8 Å². The molecular weight excluding hydrogens is 388 g/mol. The SMILES string of the molecule is CC(=O)NCCCc1ccc(-c2csc(NC(=O)CN3CCCCC3=O)n2)cc1. The molecule has 0 bridgehead atoms. The Morgan fingerprint density at radius 3 is 2.72 bits per heavy atom. The minimum atomic E-state index is -0.212. The van der Waals surface area contributed by atoms with Crippen LogP contribution in [0, 0.1) is 0 Å². The minimum Gasteiger partial charge on any atom is -0.356 e. The number of likely N-dealkylation sites (tertiary alicyclic amines) is 1. The molecule has 1 fully saturated rings. The van der Waals surface area contributed by atoms with Crippen molar-refractivity contribution in [1.29, 1.82) is 0 Å². The van der Waals surface area contributed by atoms with E-state index >= 15 is 0 Å². The summed E-state index contributed by atoms with van der Waals surface area (Å²) in [7, 11) is 0. The topological polar surface area (TPSA) is 91.4 Å². The largest absolute Gasteiger partial charge is 0.356 e. The molecule has 1 aromatic heterocycles. The predicted molar refractivity (Wildman–Crippen MR) is 114 cm³/mol. The average molecular weight is 415 g/mol. The second-order valence-corrected chi connectivity index (χ2v) is 8.00. The van der Waals surface area contributed by atoms with Gasteiger partial charge in [-0.25, -0.2) is 4.98 Å². The van der Waals surface area contributed by atoms with Crippen LogP contribution < -0.4 is 10.6 Å². The molecule has 29 heavy (non-hydrogen) atoms. The van der Waals surface area contributed by atoms with Gasteiger partial charge in [0.2, 0.25) is 17.7 Å². The van der Waals surface area contributed by atoms with Crippen LogP contribution in [0.5, 0.6) is 0 Å². The number of rotatable bonds is 8. The van der Waals surface area contributed by atoms with Crippen LogP contribution in [0.2, 0.25) is 0 Å². The van der Waals surface area contributed by atoms with Gasteiger partial charge in [-0.3, -0.25) is 14.4 Å². The molecule has 1 aliphatic rings. The van der Waals surface area contributed by atoms with E-state index in [0.717, 1.165) is 36.9 Å². The normalized spacial score (nSPS) is 14.0. The van der Waals surface area contributed by atoms with E-state index < -0.39 is 0 Å². The van der Waals surface area contributed by atoms with Crippen molar-refractivity contribution in [2.24, 2.45) is 0 Å². The molecule has 0 radical (unpaired) electrons. The van der Waals surface area contributed by atoms with E-state index in [4.69, 9.17) is 0 Å². The van der Waals surface area contributed by atoms with Crippen LogP contribution in [-0.2, 0) is 20.8 Å². The average Bonchev–Trinajstić information content (AvgIpc) is 3.16. The second-order valence-electron chi connectivity index (χ2n) is 7.14. The minimum absolute atomic E-state index is 0.00527. The summed E-state index contributed by atoms with van der Waals surface area (Å²) in [6, 6.07) is 8.15. The van der Waals surface area contributed by atoms with Crippen LogP contribution in [0.3, 0.4) is 0 Å². The highest BCUT2D eigenvalue weighted by Crippen LogP contribution is 2.25. The van der Waals surface area contributed by atoms with E-state index in [2.05, 4.69) is 27.8 Å². The summed E-state index contributed by atoms with van der Waals surface area (Å²) >= 11 is 1.37. The third-order valence-electron chi connectivity index (χ3n) is 4.77. The highest BCUT2D eigenvalue weighted by Gasteiger charge is 2.20. The van der Waals surface area contributed by atoms with Gasteiger partial charge in [-0.05, 0) is 31.2 Å². The van der Waals surface area contributed by atoms with Gasteiger partial charge in [0.1, 0.15) is 0 Å². The van der Waals surface area contributed by atoms with Gasteiger partial charge in [0.25, 0.3) is 0 Å². The maximum Gasteiger partial charge on any atom is 0.245 e. The van der Waals surface area contributed by atoms with Gasteiger partial charge < -0.3 is 15.5 Å². The summed E-state index contributed by atoms with van der Waals surface area (Å²) < 4.78 is 0. The zero-order chi connectivity index (χ0) is 20.6. The van der Waals surface area contributed by atoms with Crippen molar-refractivity contribution in [3.63, 3.8) is 0 Å². The number of thiazole rings is 1. The Morgan fingerprint density at radius 2 is 2.00 bits per heavy atom. The van der Waals surface area contributed by atoms with Crippen LogP contribution in [0.15, 0.2) is 29.6 Å². The molecule has 0 aliphatic carbocycles. The van der Waals surface area contributed by atoms with Gasteiger partial charge >= 0.3 is 0 Å². The van der Waals surface area contributed by atoms with E-state index in [1.807, 2.05) is 17.5 Å². The number of hydrogen-bond donors (Lipinski definition) is 2. The zero-order valence-corrected chi connectivity index (χ0v) is 17.4. The summed E-state index contributed by atoms with van der Waals surface area (Å²) in [6.45, 7) is 2.93. The maximum absolute atomic E-state index is 12.2. The van der Waals surface area contributed by atoms with Gasteiger partial charge in [-0.1, -0.05) is 24.3 Å². The van der Waals surface area contributed by atoms with E-state index in [1.54, 1.807) is 4.90 Å². The number of carbonyl (C=O) groups excluding carboxylic acids is 3. The van der Waals surface area contributed by atoms with E-state index in [9.17, 15) is 14.4 Å². The van der Waals surface area contributed by atoms with Crippen molar-refractivity contribution >= 4 is 34.2 Å². The monoisotopic (exact) mass is 414 g/mol. The van der Waals surface area contributed by atoms with Gasteiger partial charge in [-0.15, -0.1) is 11.3 Å². The Labute approximate surface area is 174 Å². The lowest BCUT2D eigenvalue weighted by molar-refractivity contribution is -0.136. The molecule has 0 atom stereocenters. The molecule has 1 saturated heterocycles. The van der Waals surface area contributed by atoms with Gasteiger partial charge in [0, 0.05) is 37.4 Å². The van der Waals surface area contributed by atoms with Crippen LogP contribution in [0.25, 0.3) is 11.3 Å². The van der Waals surface area contributed by atoms with E-state index in [-0.39, 0.29) is 24.3 Å². The number of carbonyl (C=O) groups is 3. The third-order valence-corrected chi connectivity index (χ3v) is 5.53. The summed E-state index contributed by atoms with van der Waals surface area (Å²) in [5, 5.41) is 8.04. The molecular formula is C21H26N4O3S. The number of benzene rings is 1. The molecule has 2 aromatic rings. The first kappa shape index (κ1) is 21.0. The standard InChI is InChI=1S/C21H26N4O3S/c1-15(26)22-11-4-5-16-7-9-17(10-8-16)18-14-29-21(23-18)24-19(27)13-25-12-3-2-6-20(25)28/h7-10,14H,2-6,11-13H2,1H3,(H,22,26)(H,23,24,27). The number of aromatic nitrogens is 1. The first-order valence-electron chi connectivity index (χ1n) is 9.88. The fraction of sp³-hybridized carbons (Fsp3) is 0.429. The zero-order valence-electron chi connectivity index (χ0n) is 16.6. The first-order valence-corrected chi connectivity index (χ1v) is 10.8. The van der Waals surface area contributed by atoms with Crippen LogP contribution in [-0.4, -0.2) is 47.2 Å². The molecule has 2 heterocycles. The Kier molecular flexibility index (Phi) is 7.35. The molecule has 1 aromatic carbocycles. The van der Waals surface area contributed by atoms with E-state index in [0.29, 0.717) is 24.6 Å². The second kappa shape index (κ2) is 10.2. The molecule has 0 saturated carbocycles. The van der Waals surface area contributed by atoms with Crippen molar-refractivity contribution in [3.05, 3.63) is 35.2 Å². The third kappa shape index (κ3) is 6.39. The lowest BCUT2D eigenvalue weighted by Crippen LogP contribution is -2.40. The molecule has 7 nitrogen and oxygen atoms in total. The maximum atomic E-state index is 12.2. The quantitative estimate of drug-likeness (QED) is 0.650. The Balaban J connectivity index is 1.50. The molecule has 3 rings (SSSR count). The summed E-state index contributed by atoms with van der Waals surface area (Å²) in [5.41, 5.74) is 3.00. The van der Waals surface area contributed by atoms with Crippen molar-refractivity contribution in [3.8, 4) is 11.3 Å². The number of hydrogen-bond acceptors (Lipinski definition) is 5. The lowest BCUT2D eigenvalue weighted by atomic mass is 10.1.